The van der Waals surface area contributed by atoms with E-state index in [0.717, 1.165) is 44.9 Å². The molecule has 0 saturated heterocycles. The van der Waals surface area contributed by atoms with E-state index in [4.69, 9.17) is 0 Å². The average Bonchev–Trinajstić information content (AvgIpc) is 3.07. The van der Waals surface area contributed by atoms with E-state index in [1.807, 2.05) is 12.1 Å². The Hall–Kier alpha value is -2.87. The summed E-state index contributed by atoms with van der Waals surface area (Å²) in [6.45, 7) is 2.29. The third-order valence-electron chi connectivity index (χ3n) is 9.48. The van der Waals surface area contributed by atoms with Gasteiger partial charge in [0, 0.05) is 10.8 Å². The number of aryl methyl sites for hydroxylation is 1. The van der Waals surface area contributed by atoms with Gasteiger partial charge in [-0.1, -0.05) is 73.7 Å². The van der Waals surface area contributed by atoms with Crippen molar-refractivity contribution < 1.29 is 9.90 Å². The monoisotopic (exact) mass is 450 g/mol. The van der Waals surface area contributed by atoms with Crippen LogP contribution in [-0.4, -0.2) is 10.9 Å². The maximum atomic E-state index is 14.5. The number of hydrogen-bond donors (Lipinski definition) is 1. The summed E-state index contributed by atoms with van der Waals surface area (Å²) in [4.78, 5) is 14.5. The number of fused-ring (bicyclic) bond motifs is 5. The van der Waals surface area contributed by atoms with Crippen LogP contribution in [0.3, 0.4) is 0 Å². The number of phenols is 1. The van der Waals surface area contributed by atoms with Gasteiger partial charge in [0.2, 0.25) is 0 Å². The summed E-state index contributed by atoms with van der Waals surface area (Å²) in [5.74, 6) is 2.37. The number of carbonyl (C=O) groups excluding carboxylic acids is 1. The molecule has 2 nitrogen and oxygen atoms in total. The zero-order valence-electron chi connectivity index (χ0n) is 20.0. The molecule has 3 aromatic rings. The van der Waals surface area contributed by atoms with Crippen molar-refractivity contribution in [1.82, 2.24) is 0 Å². The van der Waals surface area contributed by atoms with Crippen molar-refractivity contribution in [2.75, 3.05) is 0 Å². The molecule has 3 aromatic carbocycles. The predicted molar refractivity (Wildman–Crippen MR) is 136 cm³/mol. The summed E-state index contributed by atoms with van der Waals surface area (Å²) in [6, 6.07) is 27.3. The largest absolute Gasteiger partial charge is 0.508 e. The molecule has 4 atom stereocenters. The summed E-state index contributed by atoms with van der Waals surface area (Å²) >= 11 is 0. The molecule has 0 aliphatic heterocycles. The van der Waals surface area contributed by atoms with Crippen molar-refractivity contribution in [3.8, 4) is 5.75 Å². The Morgan fingerprint density at radius 2 is 1.53 bits per heavy atom. The second-order valence-corrected chi connectivity index (χ2v) is 11.4. The van der Waals surface area contributed by atoms with Gasteiger partial charge in [0.15, 0.2) is 0 Å². The Kier molecular flexibility index (Phi) is 5.17. The first-order chi connectivity index (χ1) is 16.5. The molecule has 6 rings (SSSR count). The maximum absolute atomic E-state index is 14.5. The average molecular weight is 451 g/mol. The van der Waals surface area contributed by atoms with Crippen LogP contribution >= 0.6 is 0 Å². The Bertz CT molecular complexity index is 1160. The molecule has 174 valence electrons. The molecule has 2 fully saturated rings. The highest BCUT2D eigenvalue weighted by Gasteiger charge is 2.63. The standard InChI is InChI=1S/C32H34O2/c1-31-17-16-27-26-15-13-25(33)18-24(26)12-14-28(27)29(31)21-32(30(31)34,19-22-8-4-2-5-9-22)20-23-10-6-3-7-11-23/h2-11,13,15,18,27-29,33H,12,14,16-17,19-21H2,1H3/t27-,28-,29+,31+/m1/s1. The molecule has 3 aliphatic rings. The van der Waals surface area contributed by atoms with E-state index in [-0.39, 0.29) is 10.8 Å². The molecular weight excluding hydrogens is 416 g/mol. The van der Waals surface area contributed by atoms with Gasteiger partial charge in [0.25, 0.3) is 0 Å². The van der Waals surface area contributed by atoms with Crippen molar-refractivity contribution in [3.63, 3.8) is 0 Å². The number of benzene rings is 3. The summed E-state index contributed by atoms with van der Waals surface area (Å²) < 4.78 is 0. The zero-order chi connectivity index (χ0) is 23.3. The lowest BCUT2D eigenvalue weighted by atomic mass is 9.55. The highest BCUT2D eigenvalue weighted by molar-refractivity contribution is 5.93. The molecule has 0 bridgehead atoms. The van der Waals surface area contributed by atoms with Gasteiger partial charge >= 0.3 is 0 Å². The van der Waals surface area contributed by atoms with Gasteiger partial charge < -0.3 is 5.11 Å². The number of hydrogen-bond acceptors (Lipinski definition) is 2. The van der Waals surface area contributed by atoms with Crippen molar-refractivity contribution in [2.24, 2.45) is 22.7 Å². The number of phenolic OH excluding ortho intramolecular Hbond substituents is 1. The van der Waals surface area contributed by atoms with Gasteiger partial charge in [-0.3, -0.25) is 4.79 Å². The van der Waals surface area contributed by atoms with Crippen molar-refractivity contribution in [3.05, 3.63) is 101 Å². The molecule has 3 aliphatic carbocycles. The topological polar surface area (TPSA) is 37.3 Å². The lowest BCUT2D eigenvalue weighted by Crippen LogP contribution is -2.44. The van der Waals surface area contributed by atoms with Crippen molar-refractivity contribution in [2.45, 2.75) is 57.8 Å². The summed E-state index contributed by atoms with van der Waals surface area (Å²) in [5.41, 5.74) is 4.71. The van der Waals surface area contributed by atoms with E-state index in [1.165, 1.54) is 22.3 Å². The zero-order valence-corrected chi connectivity index (χ0v) is 20.0. The van der Waals surface area contributed by atoms with Gasteiger partial charge in [-0.15, -0.1) is 0 Å². The van der Waals surface area contributed by atoms with Crippen LogP contribution in [0.25, 0.3) is 0 Å². The minimum Gasteiger partial charge on any atom is -0.508 e. The predicted octanol–water partition coefficient (Wildman–Crippen LogP) is 6.90. The number of rotatable bonds is 4. The molecule has 2 heteroatoms. The van der Waals surface area contributed by atoms with Crippen LogP contribution < -0.4 is 0 Å². The fourth-order valence-corrected chi connectivity index (χ4v) is 8.01. The molecule has 0 unspecified atom stereocenters. The van der Waals surface area contributed by atoms with Crippen LogP contribution in [0.2, 0.25) is 0 Å². The molecule has 0 radical (unpaired) electrons. The minimum absolute atomic E-state index is 0.237. The van der Waals surface area contributed by atoms with Crippen LogP contribution in [0.5, 0.6) is 5.75 Å². The normalized spacial score (nSPS) is 29.2. The SMILES string of the molecule is C[C@]12CC[C@@H]3c4ccc(O)cc4CC[C@H]3[C@@H]1CC(Cc1ccccc1)(Cc1ccccc1)C2=O. The first-order valence-corrected chi connectivity index (χ1v) is 12.9. The van der Waals surface area contributed by atoms with Crippen LogP contribution in [0.4, 0.5) is 0 Å². The summed E-state index contributed by atoms with van der Waals surface area (Å²) in [5, 5.41) is 10.0. The van der Waals surface area contributed by atoms with Crippen LogP contribution in [0, 0.1) is 22.7 Å². The van der Waals surface area contributed by atoms with E-state index in [9.17, 15) is 9.90 Å². The maximum Gasteiger partial charge on any atom is 0.145 e. The van der Waals surface area contributed by atoms with Crippen molar-refractivity contribution >= 4 is 5.78 Å². The Morgan fingerprint density at radius 1 is 0.882 bits per heavy atom. The second-order valence-electron chi connectivity index (χ2n) is 11.4. The minimum atomic E-state index is -0.341. The lowest BCUT2D eigenvalue weighted by Gasteiger charge is -2.48. The van der Waals surface area contributed by atoms with E-state index < -0.39 is 0 Å². The molecule has 34 heavy (non-hydrogen) atoms. The molecule has 0 aromatic heterocycles. The number of Topliss-reactive ketones (excluding diaryl/α,β-unsaturated/α-hetero) is 1. The molecule has 2 saturated carbocycles. The van der Waals surface area contributed by atoms with Crippen LogP contribution in [-0.2, 0) is 24.1 Å². The quantitative estimate of drug-likeness (QED) is 0.469. The van der Waals surface area contributed by atoms with E-state index in [2.05, 4.69) is 73.7 Å². The molecule has 0 spiro atoms. The molecule has 0 amide bonds. The highest BCUT2D eigenvalue weighted by Crippen LogP contribution is 2.64. The summed E-state index contributed by atoms with van der Waals surface area (Å²) in [7, 11) is 0. The smallest absolute Gasteiger partial charge is 0.145 e. The lowest BCUT2D eigenvalue weighted by molar-refractivity contribution is -0.136. The van der Waals surface area contributed by atoms with E-state index in [1.54, 1.807) is 0 Å². The Balaban J connectivity index is 1.39. The van der Waals surface area contributed by atoms with Gasteiger partial charge in [0.05, 0.1) is 0 Å². The van der Waals surface area contributed by atoms with Gasteiger partial charge in [-0.05, 0) is 97.1 Å². The third kappa shape index (κ3) is 3.42. The first kappa shape index (κ1) is 21.6. The van der Waals surface area contributed by atoms with E-state index in [0.29, 0.717) is 29.3 Å². The molecular formula is C32H34O2. The summed E-state index contributed by atoms with van der Waals surface area (Å²) in [6.07, 6.45) is 6.83. The highest BCUT2D eigenvalue weighted by atomic mass is 16.3. The number of aromatic hydroxyl groups is 1. The van der Waals surface area contributed by atoms with Crippen molar-refractivity contribution in [1.29, 1.82) is 0 Å². The molecule has 0 heterocycles. The third-order valence-corrected chi connectivity index (χ3v) is 9.48. The van der Waals surface area contributed by atoms with Gasteiger partial charge in [-0.2, -0.15) is 0 Å². The Morgan fingerprint density at radius 3 is 2.18 bits per heavy atom. The van der Waals surface area contributed by atoms with Crippen LogP contribution in [0.1, 0.15) is 60.8 Å². The van der Waals surface area contributed by atoms with Gasteiger partial charge in [0.1, 0.15) is 11.5 Å². The number of ketones is 1. The first-order valence-electron chi connectivity index (χ1n) is 12.9. The number of carbonyl (C=O) groups is 1. The molecule has 1 N–H and O–H groups in total. The second kappa shape index (κ2) is 8.12. The van der Waals surface area contributed by atoms with Gasteiger partial charge in [-0.25, -0.2) is 0 Å². The Labute approximate surface area is 203 Å². The van der Waals surface area contributed by atoms with E-state index >= 15 is 0 Å². The fourth-order valence-electron chi connectivity index (χ4n) is 8.01. The van der Waals surface area contributed by atoms with Crippen LogP contribution in [0.15, 0.2) is 78.9 Å². The fraction of sp³-hybridized carbons (Fsp3) is 0.406.